The lowest BCUT2D eigenvalue weighted by Gasteiger charge is -2.44. The number of piperidine rings is 1. The number of amides is 1. The van der Waals surface area contributed by atoms with Crippen molar-refractivity contribution in [1.82, 2.24) is 15.3 Å². The predicted molar refractivity (Wildman–Crippen MR) is 104 cm³/mol. The van der Waals surface area contributed by atoms with Crippen LogP contribution in [0.2, 0.25) is 0 Å². The van der Waals surface area contributed by atoms with Crippen molar-refractivity contribution in [2.24, 2.45) is 11.8 Å². The number of aliphatic carboxylic acids is 1. The quantitative estimate of drug-likeness (QED) is 0.720. The smallest absolute Gasteiger partial charge is 0.475 e. The first-order chi connectivity index (χ1) is 15.3. The molecule has 12 heteroatoms. The molecule has 0 saturated carbocycles. The van der Waals surface area contributed by atoms with Crippen molar-refractivity contribution in [2.45, 2.75) is 31.7 Å². The maximum atomic E-state index is 12.7. The van der Waals surface area contributed by atoms with Crippen LogP contribution in [0, 0.1) is 11.8 Å². The van der Waals surface area contributed by atoms with Gasteiger partial charge in [-0.15, -0.1) is 0 Å². The molecule has 2 fully saturated rings. The van der Waals surface area contributed by atoms with E-state index in [1.807, 2.05) is 18.2 Å². The standard InChI is InChI=1S/C18H22N4O3.C2HF3O2/c23-18(20-10-13-2-1-8-24-13)14-5-9-25-16-4-7-22(11-15(14)16)17-3-6-19-12-21-17;3-2(4,5)1(6)7/h1-3,6,8,12,14-16H,4-5,7,9-11H2,(H,20,23);(H,6,7)/t14-,15+,16-;/m1./s1. The molecule has 1 amide bonds. The molecule has 2 N–H and O–H groups in total. The molecule has 2 aromatic heterocycles. The van der Waals surface area contributed by atoms with Crippen LogP contribution in [-0.2, 0) is 20.9 Å². The third-order valence-corrected chi connectivity index (χ3v) is 5.36. The summed E-state index contributed by atoms with van der Waals surface area (Å²) in [6.07, 6.45) is 1.66. The Bertz CT molecular complexity index is 879. The van der Waals surface area contributed by atoms with Crippen LogP contribution >= 0.6 is 0 Å². The van der Waals surface area contributed by atoms with E-state index in [1.54, 1.807) is 18.8 Å². The van der Waals surface area contributed by atoms with E-state index in [2.05, 4.69) is 20.2 Å². The molecular weight excluding hydrogens is 433 g/mol. The SMILES string of the molecule is O=C(NCc1ccco1)[C@@H]1CCO[C@@H]2CCN(c3ccncn3)C[C@H]21.O=C(O)C(F)(F)F. The number of ether oxygens (including phenoxy) is 1. The number of aromatic nitrogens is 2. The molecule has 0 radical (unpaired) electrons. The second-order valence-corrected chi connectivity index (χ2v) is 7.37. The molecule has 2 aromatic rings. The normalized spacial score (nSPS) is 22.8. The summed E-state index contributed by atoms with van der Waals surface area (Å²) in [6.45, 7) is 2.74. The highest BCUT2D eigenvalue weighted by atomic mass is 19.4. The molecule has 2 aliphatic heterocycles. The Hall–Kier alpha value is -3.15. The Morgan fingerprint density at radius 3 is 2.69 bits per heavy atom. The van der Waals surface area contributed by atoms with Gasteiger partial charge in [0.15, 0.2) is 0 Å². The van der Waals surface area contributed by atoms with E-state index >= 15 is 0 Å². The summed E-state index contributed by atoms with van der Waals surface area (Å²) in [4.78, 5) is 32.2. The van der Waals surface area contributed by atoms with Gasteiger partial charge in [0, 0.05) is 37.7 Å². The maximum absolute atomic E-state index is 12.7. The van der Waals surface area contributed by atoms with E-state index in [0.29, 0.717) is 13.2 Å². The summed E-state index contributed by atoms with van der Waals surface area (Å²) in [6, 6.07) is 5.60. The van der Waals surface area contributed by atoms with Gasteiger partial charge in [0.25, 0.3) is 0 Å². The molecule has 9 nitrogen and oxygen atoms in total. The molecule has 0 bridgehead atoms. The van der Waals surface area contributed by atoms with Gasteiger partial charge in [-0.05, 0) is 31.0 Å². The molecule has 0 aromatic carbocycles. The zero-order valence-electron chi connectivity index (χ0n) is 17.0. The molecule has 0 aliphatic carbocycles. The van der Waals surface area contributed by atoms with Gasteiger partial charge in [-0.2, -0.15) is 13.2 Å². The molecule has 0 unspecified atom stereocenters. The molecule has 2 saturated heterocycles. The summed E-state index contributed by atoms with van der Waals surface area (Å²) in [5.41, 5.74) is 0. The minimum Gasteiger partial charge on any atom is -0.475 e. The van der Waals surface area contributed by atoms with Crippen LogP contribution in [0.3, 0.4) is 0 Å². The largest absolute Gasteiger partial charge is 0.490 e. The number of carboxylic acids is 1. The maximum Gasteiger partial charge on any atom is 0.490 e. The lowest BCUT2D eigenvalue weighted by Crippen LogP contribution is -2.53. The van der Waals surface area contributed by atoms with Gasteiger partial charge in [-0.25, -0.2) is 14.8 Å². The van der Waals surface area contributed by atoms with E-state index in [4.69, 9.17) is 19.1 Å². The number of hydrogen-bond acceptors (Lipinski definition) is 7. The molecule has 2 aliphatic rings. The van der Waals surface area contributed by atoms with Crippen LogP contribution in [0.25, 0.3) is 0 Å². The Balaban J connectivity index is 0.000000360. The number of carbonyl (C=O) groups is 2. The van der Waals surface area contributed by atoms with Gasteiger partial charge in [-0.1, -0.05) is 0 Å². The Kier molecular flexibility index (Phi) is 7.67. The van der Waals surface area contributed by atoms with Crippen LogP contribution in [0.15, 0.2) is 41.4 Å². The Morgan fingerprint density at radius 2 is 2.06 bits per heavy atom. The first-order valence-electron chi connectivity index (χ1n) is 9.98. The number of anilines is 1. The topological polar surface area (TPSA) is 118 Å². The van der Waals surface area contributed by atoms with Crippen LogP contribution in [0.1, 0.15) is 18.6 Å². The van der Waals surface area contributed by atoms with Crippen molar-refractivity contribution in [1.29, 1.82) is 0 Å². The van der Waals surface area contributed by atoms with Crippen LogP contribution < -0.4 is 10.2 Å². The number of alkyl halides is 3. The minimum absolute atomic E-state index is 0.0432. The van der Waals surface area contributed by atoms with Gasteiger partial charge < -0.3 is 24.5 Å². The number of halogens is 3. The number of nitrogens with zero attached hydrogens (tertiary/aromatic N) is 3. The molecule has 4 rings (SSSR count). The average molecular weight is 456 g/mol. The van der Waals surface area contributed by atoms with Gasteiger partial charge in [0.05, 0.1) is 18.9 Å². The highest BCUT2D eigenvalue weighted by Crippen LogP contribution is 2.34. The third kappa shape index (κ3) is 6.19. The molecule has 32 heavy (non-hydrogen) atoms. The van der Waals surface area contributed by atoms with Crippen molar-refractivity contribution in [3.63, 3.8) is 0 Å². The van der Waals surface area contributed by atoms with Crippen LogP contribution in [0.4, 0.5) is 19.0 Å². The fourth-order valence-electron chi connectivity index (χ4n) is 3.84. The van der Waals surface area contributed by atoms with Crippen molar-refractivity contribution in [3.05, 3.63) is 42.7 Å². The number of carboxylic acid groups (broad SMARTS) is 1. The lowest BCUT2D eigenvalue weighted by atomic mass is 9.79. The molecule has 4 heterocycles. The fraction of sp³-hybridized carbons (Fsp3) is 0.500. The average Bonchev–Trinajstić information content (AvgIpc) is 3.31. The molecule has 174 valence electrons. The summed E-state index contributed by atoms with van der Waals surface area (Å²) >= 11 is 0. The first kappa shape index (κ1) is 23.5. The van der Waals surface area contributed by atoms with Crippen molar-refractivity contribution in [3.8, 4) is 0 Å². The minimum atomic E-state index is -5.08. The van der Waals surface area contributed by atoms with E-state index in [0.717, 1.165) is 37.5 Å². The van der Waals surface area contributed by atoms with E-state index in [9.17, 15) is 18.0 Å². The van der Waals surface area contributed by atoms with Crippen LogP contribution in [-0.4, -0.2) is 58.9 Å². The van der Waals surface area contributed by atoms with Gasteiger partial charge in [0.1, 0.15) is 17.9 Å². The highest BCUT2D eigenvalue weighted by molar-refractivity contribution is 5.79. The highest BCUT2D eigenvalue weighted by Gasteiger charge is 2.42. The molecule has 0 spiro atoms. The van der Waals surface area contributed by atoms with E-state index < -0.39 is 12.1 Å². The molecule has 3 atom stereocenters. The number of fused-ring (bicyclic) bond motifs is 1. The van der Waals surface area contributed by atoms with Gasteiger partial charge >= 0.3 is 12.1 Å². The molecular formula is C20H23F3N4O5. The number of rotatable bonds is 4. The number of hydrogen-bond donors (Lipinski definition) is 2. The summed E-state index contributed by atoms with van der Waals surface area (Å²) in [5.74, 6) is -0.865. The number of carbonyl (C=O) groups excluding carboxylic acids is 1. The van der Waals surface area contributed by atoms with Crippen molar-refractivity contribution in [2.75, 3.05) is 24.6 Å². The van der Waals surface area contributed by atoms with E-state index in [1.165, 1.54) is 0 Å². The Morgan fingerprint density at radius 1 is 1.28 bits per heavy atom. The third-order valence-electron chi connectivity index (χ3n) is 5.36. The monoisotopic (exact) mass is 456 g/mol. The van der Waals surface area contributed by atoms with Crippen molar-refractivity contribution >= 4 is 17.7 Å². The summed E-state index contributed by atoms with van der Waals surface area (Å²) in [5, 5.41) is 10.1. The summed E-state index contributed by atoms with van der Waals surface area (Å²) < 4.78 is 43.0. The first-order valence-corrected chi connectivity index (χ1v) is 9.98. The van der Waals surface area contributed by atoms with E-state index in [-0.39, 0.29) is 23.8 Å². The van der Waals surface area contributed by atoms with Crippen molar-refractivity contribution < 1.29 is 37.0 Å². The second kappa shape index (κ2) is 10.4. The Labute approximate surface area is 181 Å². The van der Waals surface area contributed by atoms with Crippen LogP contribution in [0.5, 0.6) is 0 Å². The lowest BCUT2D eigenvalue weighted by molar-refractivity contribution is -0.192. The number of nitrogens with one attached hydrogen (secondary N) is 1. The second-order valence-electron chi connectivity index (χ2n) is 7.37. The zero-order chi connectivity index (χ0) is 23.1. The number of furan rings is 1. The summed E-state index contributed by atoms with van der Waals surface area (Å²) in [7, 11) is 0. The zero-order valence-corrected chi connectivity index (χ0v) is 17.0. The van der Waals surface area contributed by atoms with Gasteiger partial charge in [0.2, 0.25) is 5.91 Å². The predicted octanol–water partition coefficient (Wildman–Crippen LogP) is 2.25. The van der Waals surface area contributed by atoms with Gasteiger partial charge in [-0.3, -0.25) is 4.79 Å². The fourth-order valence-corrected chi connectivity index (χ4v) is 3.84.